The van der Waals surface area contributed by atoms with E-state index in [4.69, 9.17) is 9.47 Å². The minimum atomic E-state index is 0.396. The molecular formula is C15H22BrNO2. The number of hydrogen-bond donors (Lipinski definition) is 1. The van der Waals surface area contributed by atoms with Gasteiger partial charge in [0.05, 0.1) is 6.61 Å². The fraction of sp³-hybridized carbons (Fsp3) is 0.600. The lowest BCUT2D eigenvalue weighted by Crippen LogP contribution is -2.28. The second kappa shape index (κ2) is 7.88. The molecule has 4 heteroatoms. The van der Waals surface area contributed by atoms with Crippen molar-refractivity contribution in [3.63, 3.8) is 0 Å². The van der Waals surface area contributed by atoms with Gasteiger partial charge in [-0.1, -0.05) is 22.9 Å². The van der Waals surface area contributed by atoms with Gasteiger partial charge in [0.1, 0.15) is 5.75 Å². The molecule has 1 unspecified atom stereocenters. The highest BCUT2D eigenvalue weighted by Gasteiger charge is 2.20. The zero-order valence-corrected chi connectivity index (χ0v) is 13.0. The predicted octanol–water partition coefficient (Wildman–Crippen LogP) is 3.68. The summed E-state index contributed by atoms with van der Waals surface area (Å²) >= 11 is 3.52. The number of benzene rings is 1. The first kappa shape index (κ1) is 14.8. The Morgan fingerprint density at radius 3 is 3.16 bits per heavy atom. The smallest absolute Gasteiger partial charge is 0.124 e. The first-order valence-electron chi connectivity index (χ1n) is 7.04. The van der Waals surface area contributed by atoms with Gasteiger partial charge in [0.25, 0.3) is 0 Å². The minimum absolute atomic E-state index is 0.396. The predicted molar refractivity (Wildman–Crippen MR) is 80.7 cm³/mol. The van der Waals surface area contributed by atoms with Crippen molar-refractivity contribution in [3.05, 3.63) is 28.2 Å². The van der Waals surface area contributed by atoms with Crippen LogP contribution >= 0.6 is 15.9 Å². The molecule has 1 aliphatic heterocycles. The van der Waals surface area contributed by atoms with E-state index in [1.54, 1.807) is 0 Å². The molecule has 0 radical (unpaired) electrons. The molecule has 0 aromatic heterocycles. The van der Waals surface area contributed by atoms with Crippen molar-refractivity contribution < 1.29 is 9.47 Å². The van der Waals surface area contributed by atoms with Crippen LogP contribution in [0, 0.1) is 0 Å². The SMILES string of the molecule is CCCOCCCNC1CCOc2ccc(Br)cc21. The third-order valence-electron chi connectivity index (χ3n) is 3.22. The quantitative estimate of drug-likeness (QED) is 0.775. The number of ether oxygens (including phenoxy) is 2. The Kier molecular flexibility index (Phi) is 6.14. The fourth-order valence-corrected chi connectivity index (χ4v) is 2.65. The van der Waals surface area contributed by atoms with Crippen molar-refractivity contribution in [1.29, 1.82) is 0 Å². The highest BCUT2D eigenvalue weighted by Crippen LogP contribution is 2.33. The van der Waals surface area contributed by atoms with Gasteiger partial charge in [-0.25, -0.2) is 0 Å². The Morgan fingerprint density at radius 1 is 1.42 bits per heavy atom. The number of hydrogen-bond acceptors (Lipinski definition) is 3. The normalized spacial score (nSPS) is 17.9. The topological polar surface area (TPSA) is 30.5 Å². The molecule has 2 rings (SSSR count). The maximum Gasteiger partial charge on any atom is 0.124 e. The molecular weight excluding hydrogens is 306 g/mol. The molecule has 0 fully saturated rings. The molecule has 0 aliphatic carbocycles. The molecule has 0 spiro atoms. The number of fused-ring (bicyclic) bond motifs is 1. The minimum Gasteiger partial charge on any atom is -0.493 e. The van der Waals surface area contributed by atoms with Crippen molar-refractivity contribution in [2.45, 2.75) is 32.2 Å². The van der Waals surface area contributed by atoms with Gasteiger partial charge < -0.3 is 14.8 Å². The molecule has 1 heterocycles. The lowest BCUT2D eigenvalue weighted by atomic mass is 10.0. The monoisotopic (exact) mass is 327 g/mol. The van der Waals surface area contributed by atoms with Crippen LogP contribution in [-0.4, -0.2) is 26.4 Å². The Bertz CT molecular complexity index is 398. The van der Waals surface area contributed by atoms with E-state index in [0.717, 1.165) is 55.9 Å². The molecule has 1 aromatic rings. The summed E-state index contributed by atoms with van der Waals surface area (Å²) in [6, 6.07) is 6.62. The van der Waals surface area contributed by atoms with Crippen LogP contribution in [-0.2, 0) is 4.74 Å². The van der Waals surface area contributed by atoms with E-state index in [-0.39, 0.29) is 0 Å². The molecule has 1 aliphatic rings. The summed E-state index contributed by atoms with van der Waals surface area (Å²) in [5.41, 5.74) is 1.26. The number of nitrogens with one attached hydrogen (secondary N) is 1. The molecule has 1 atom stereocenters. The first-order valence-corrected chi connectivity index (χ1v) is 7.84. The number of rotatable bonds is 7. The Balaban J connectivity index is 1.80. The maximum atomic E-state index is 5.68. The Morgan fingerprint density at radius 2 is 2.32 bits per heavy atom. The highest BCUT2D eigenvalue weighted by atomic mass is 79.9. The van der Waals surface area contributed by atoms with Gasteiger partial charge in [-0.3, -0.25) is 0 Å². The summed E-state index contributed by atoms with van der Waals surface area (Å²) in [7, 11) is 0. The van der Waals surface area contributed by atoms with E-state index in [0.29, 0.717) is 6.04 Å². The van der Waals surface area contributed by atoms with Gasteiger partial charge >= 0.3 is 0 Å². The second-order valence-electron chi connectivity index (χ2n) is 4.79. The van der Waals surface area contributed by atoms with Crippen LogP contribution in [0.2, 0.25) is 0 Å². The maximum absolute atomic E-state index is 5.68. The summed E-state index contributed by atoms with van der Waals surface area (Å²) in [6.45, 7) is 5.62. The van der Waals surface area contributed by atoms with E-state index in [1.807, 2.05) is 12.1 Å². The van der Waals surface area contributed by atoms with Crippen molar-refractivity contribution in [2.24, 2.45) is 0 Å². The largest absolute Gasteiger partial charge is 0.493 e. The molecule has 0 amide bonds. The molecule has 1 N–H and O–H groups in total. The Hall–Kier alpha value is -0.580. The fourth-order valence-electron chi connectivity index (χ4n) is 2.27. The van der Waals surface area contributed by atoms with Crippen molar-refractivity contribution in [1.82, 2.24) is 5.32 Å². The van der Waals surface area contributed by atoms with E-state index in [2.05, 4.69) is 34.2 Å². The molecule has 3 nitrogen and oxygen atoms in total. The van der Waals surface area contributed by atoms with Crippen LogP contribution in [0.1, 0.15) is 37.8 Å². The molecule has 0 saturated heterocycles. The van der Waals surface area contributed by atoms with Gasteiger partial charge in [0.2, 0.25) is 0 Å². The van der Waals surface area contributed by atoms with E-state index in [9.17, 15) is 0 Å². The first-order chi connectivity index (χ1) is 9.31. The molecule has 1 aromatic carbocycles. The summed E-state index contributed by atoms with van der Waals surface area (Å²) < 4.78 is 12.3. The van der Waals surface area contributed by atoms with E-state index < -0.39 is 0 Å². The Labute approximate surface area is 123 Å². The average Bonchev–Trinajstić information content (AvgIpc) is 2.43. The van der Waals surface area contributed by atoms with Gasteiger partial charge in [0.15, 0.2) is 0 Å². The second-order valence-corrected chi connectivity index (χ2v) is 5.71. The van der Waals surface area contributed by atoms with E-state index >= 15 is 0 Å². The third-order valence-corrected chi connectivity index (χ3v) is 3.71. The zero-order chi connectivity index (χ0) is 13.5. The lowest BCUT2D eigenvalue weighted by molar-refractivity contribution is 0.131. The summed E-state index contributed by atoms with van der Waals surface area (Å²) in [6.07, 6.45) is 3.18. The summed E-state index contributed by atoms with van der Waals surface area (Å²) in [5, 5.41) is 3.60. The van der Waals surface area contributed by atoms with Crippen molar-refractivity contribution >= 4 is 15.9 Å². The van der Waals surface area contributed by atoms with Crippen LogP contribution in [0.3, 0.4) is 0 Å². The molecule has 0 bridgehead atoms. The van der Waals surface area contributed by atoms with Gasteiger partial charge in [-0.15, -0.1) is 0 Å². The summed E-state index contributed by atoms with van der Waals surface area (Å²) in [4.78, 5) is 0. The van der Waals surface area contributed by atoms with Gasteiger partial charge in [-0.2, -0.15) is 0 Å². The van der Waals surface area contributed by atoms with Crippen LogP contribution in [0.5, 0.6) is 5.75 Å². The van der Waals surface area contributed by atoms with Crippen LogP contribution < -0.4 is 10.1 Å². The van der Waals surface area contributed by atoms with Gasteiger partial charge in [0, 0.05) is 35.7 Å². The van der Waals surface area contributed by atoms with Gasteiger partial charge in [-0.05, 0) is 37.6 Å². The molecule has 106 valence electrons. The zero-order valence-electron chi connectivity index (χ0n) is 11.5. The third kappa shape index (κ3) is 4.48. The molecule has 0 saturated carbocycles. The van der Waals surface area contributed by atoms with Crippen molar-refractivity contribution in [3.8, 4) is 5.75 Å². The molecule has 19 heavy (non-hydrogen) atoms. The average molecular weight is 328 g/mol. The lowest BCUT2D eigenvalue weighted by Gasteiger charge is -2.27. The van der Waals surface area contributed by atoms with Crippen LogP contribution in [0.15, 0.2) is 22.7 Å². The standard InChI is InChI=1S/C15H22BrNO2/c1-2-8-18-9-3-7-17-14-6-10-19-15-5-4-12(16)11-13(14)15/h4-5,11,14,17H,2-3,6-10H2,1H3. The highest BCUT2D eigenvalue weighted by molar-refractivity contribution is 9.10. The van der Waals surface area contributed by atoms with Crippen molar-refractivity contribution in [2.75, 3.05) is 26.4 Å². The van der Waals surface area contributed by atoms with E-state index in [1.165, 1.54) is 5.56 Å². The van der Waals surface area contributed by atoms with Crippen LogP contribution in [0.4, 0.5) is 0 Å². The van der Waals surface area contributed by atoms with Crippen LogP contribution in [0.25, 0.3) is 0 Å². The summed E-state index contributed by atoms with van der Waals surface area (Å²) in [5.74, 6) is 1.01. The number of halogens is 1.